The molecule has 1 aliphatic heterocycles. The van der Waals surface area contributed by atoms with E-state index >= 15 is 0 Å². The fraction of sp³-hybridized carbons (Fsp3) is 0.143. The molecule has 3 rings (SSSR count). The van der Waals surface area contributed by atoms with Crippen molar-refractivity contribution in [3.63, 3.8) is 0 Å². The van der Waals surface area contributed by atoms with Gasteiger partial charge in [-0.15, -0.1) is 0 Å². The van der Waals surface area contributed by atoms with Crippen molar-refractivity contribution in [1.82, 2.24) is 0 Å². The van der Waals surface area contributed by atoms with Crippen LogP contribution in [0.5, 0.6) is 5.75 Å². The summed E-state index contributed by atoms with van der Waals surface area (Å²) >= 11 is 1.69. The molecule has 1 aliphatic rings. The first-order chi connectivity index (χ1) is 8.33. The number of hydrogen-bond acceptors (Lipinski definition) is 3. The molecule has 0 saturated heterocycles. The molecule has 2 aromatic rings. The molecule has 0 aliphatic carbocycles. The number of rotatable bonds is 1. The summed E-state index contributed by atoms with van der Waals surface area (Å²) < 4.78 is 5.80. The van der Waals surface area contributed by atoms with Crippen LogP contribution in [0.15, 0.2) is 53.4 Å². The molecular formula is C14H12O2S. The summed E-state index contributed by atoms with van der Waals surface area (Å²) in [5.74, 6) is 0.283. The van der Waals surface area contributed by atoms with Crippen LogP contribution in [0.4, 0.5) is 0 Å². The molecule has 0 unspecified atom stereocenters. The summed E-state index contributed by atoms with van der Waals surface area (Å²) in [6.07, 6.45) is 0. The number of benzene rings is 2. The van der Waals surface area contributed by atoms with E-state index in [0.717, 1.165) is 5.56 Å². The predicted molar refractivity (Wildman–Crippen MR) is 67.9 cm³/mol. The van der Waals surface area contributed by atoms with Gasteiger partial charge in [-0.3, -0.25) is 0 Å². The first-order valence-corrected chi connectivity index (χ1v) is 6.36. The topological polar surface area (TPSA) is 29.5 Å². The van der Waals surface area contributed by atoms with Gasteiger partial charge in [0.1, 0.15) is 11.2 Å². The lowest BCUT2D eigenvalue weighted by Gasteiger charge is -2.24. The third-order valence-electron chi connectivity index (χ3n) is 2.74. The molecule has 17 heavy (non-hydrogen) atoms. The summed E-state index contributed by atoms with van der Waals surface area (Å²) in [5, 5.41) is 9.47. The van der Waals surface area contributed by atoms with E-state index in [9.17, 15) is 5.11 Å². The van der Waals surface area contributed by atoms with Gasteiger partial charge in [-0.2, -0.15) is 0 Å². The van der Waals surface area contributed by atoms with Gasteiger partial charge >= 0.3 is 0 Å². The fourth-order valence-corrected chi connectivity index (χ4v) is 2.97. The van der Waals surface area contributed by atoms with Gasteiger partial charge in [-0.25, -0.2) is 0 Å². The van der Waals surface area contributed by atoms with Gasteiger partial charge in [0.25, 0.3) is 0 Å². The second-order valence-electron chi connectivity index (χ2n) is 3.96. The SMILES string of the molecule is Oc1cccc([C@H]2OCc3ccccc3S2)c1. The largest absolute Gasteiger partial charge is 0.508 e. The second-order valence-corrected chi connectivity index (χ2v) is 5.07. The van der Waals surface area contributed by atoms with Gasteiger partial charge in [0.05, 0.1) is 6.61 Å². The standard InChI is InChI=1S/C14H12O2S/c15-12-6-3-5-10(8-12)14-16-9-11-4-1-2-7-13(11)17-14/h1-8,14-15H,9H2/t14-/m0/s1. The van der Waals surface area contributed by atoms with Crippen LogP contribution in [0.25, 0.3) is 0 Å². The van der Waals surface area contributed by atoms with Gasteiger partial charge in [-0.1, -0.05) is 42.1 Å². The Labute approximate surface area is 104 Å². The molecule has 1 atom stereocenters. The molecular weight excluding hydrogens is 232 g/mol. The Balaban J connectivity index is 1.89. The van der Waals surface area contributed by atoms with Crippen LogP contribution in [0.2, 0.25) is 0 Å². The van der Waals surface area contributed by atoms with Crippen LogP contribution in [-0.4, -0.2) is 5.11 Å². The second kappa shape index (κ2) is 4.43. The average molecular weight is 244 g/mol. The Hall–Kier alpha value is -1.45. The van der Waals surface area contributed by atoms with Crippen LogP contribution in [0.1, 0.15) is 16.6 Å². The molecule has 0 saturated carbocycles. The molecule has 0 amide bonds. The van der Waals surface area contributed by atoms with Gasteiger partial charge in [0, 0.05) is 4.90 Å². The van der Waals surface area contributed by atoms with Crippen molar-refractivity contribution in [2.45, 2.75) is 16.9 Å². The van der Waals surface area contributed by atoms with E-state index in [1.165, 1.54) is 10.5 Å². The smallest absolute Gasteiger partial charge is 0.133 e. The number of aromatic hydroxyl groups is 1. The highest BCUT2D eigenvalue weighted by Gasteiger charge is 2.21. The van der Waals surface area contributed by atoms with Gasteiger partial charge in [0.2, 0.25) is 0 Å². The van der Waals surface area contributed by atoms with Crippen molar-refractivity contribution in [2.24, 2.45) is 0 Å². The van der Waals surface area contributed by atoms with Crippen LogP contribution in [0, 0.1) is 0 Å². The van der Waals surface area contributed by atoms with Gasteiger partial charge < -0.3 is 9.84 Å². The number of ether oxygens (including phenoxy) is 1. The molecule has 0 aromatic heterocycles. The van der Waals surface area contributed by atoms with Crippen molar-refractivity contribution >= 4 is 11.8 Å². The molecule has 2 aromatic carbocycles. The van der Waals surface area contributed by atoms with Crippen molar-refractivity contribution < 1.29 is 9.84 Å². The molecule has 0 fully saturated rings. The maximum Gasteiger partial charge on any atom is 0.133 e. The van der Waals surface area contributed by atoms with Gasteiger partial charge in [0.15, 0.2) is 0 Å². The van der Waals surface area contributed by atoms with Crippen LogP contribution >= 0.6 is 11.8 Å². The highest BCUT2D eigenvalue weighted by molar-refractivity contribution is 7.99. The van der Waals surface area contributed by atoms with E-state index < -0.39 is 0 Å². The number of phenolic OH excluding ortho intramolecular Hbond substituents is 1. The Bertz CT molecular complexity index is 539. The monoisotopic (exact) mass is 244 g/mol. The Morgan fingerprint density at radius 1 is 1.12 bits per heavy atom. The van der Waals surface area contributed by atoms with Gasteiger partial charge in [-0.05, 0) is 29.3 Å². The first kappa shape index (κ1) is 10.7. The van der Waals surface area contributed by atoms with E-state index in [2.05, 4.69) is 12.1 Å². The number of thioether (sulfide) groups is 1. The fourth-order valence-electron chi connectivity index (χ4n) is 1.89. The Kier molecular flexibility index (Phi) is 2.79. The lowest BCUT2D eigenvalue weighted by atomic mass is 10.2. The van der Waals surface area contributed by atoms with Crippen molar-refractivity contribution in [3.05, 3.63) is 59.7 Å². The quantitative estimate of drug-likeness (QED) is 0.829. The molecule has 1 N–H and O–H groups in total. The predicted octanol–water partition coefficient (Wildman–Crippen LogP) is 3.71. The maximum atomic E-state index is 9.47. The molecule has 0 bridgehead atoms. The third-order valence-corrected chi connectivity index (χ3v) is 4.01. The number of hydrogen-bond donors (Lipinski definition) is 1. The molecule has 3 heteroatoms. The summed E-state index contributed by atoms with van der Waals surface area (Å²) in [6.45, 7) is 0.628. The van der Waals surface area contributed by atoms with Crippen molar-refractivity contribution in [2.75, 3.05) is 0 Å². The van der Waals surface area contributed by atoms with Crippen LogP contribution < -0.4 is 0 Å². The van der Waals surface area contributed by atoms with E-state index in [1.807, 2.05) is 24.3 Å². The Morgan fingerprint density at radius 3 is 2.88 bits per heavy atom. The summed E-state index contributed by atoms with van der Waals surface area (Å²) in [7, 11) is 0. The summed E-state index contributed by atoms with van der Waals surface area (Å²) in [6, 6.07) is 15.5. The molecule has 86 valence electrons. The van der Waals surface area contributed by atoms with E-state index in [4.69, 9.17) is 4.74 Å². The van der Waals surface area contributed by atoms with Crippen LogP contribution in [0.3, 0.4) is 0 Å². The highest BCUT2D eigenvalue weighted by Crippen LogP contribution is 2.43. The third kappa shape index (κ3) is 2.16. The lowest BCUT2D eigenvalue weighted by molar-refractivity contribution is 0.0925. The summed E-state index contributed by atoms with van der Waals surface area (Å²) in [5.41, 5.74) is 2.20. The average Bonchev–Trinajstić information content (AvgIpc) is 2.38. The minimum atomic E-state index is -0.0306. The highest BCUT2D eigenvalue weighted by atomic mass is 32.2. The minimum absolute atomic E-state index is 0.0306. The van der Waals surface area contributed by atoms with E-state index in [1.54, 1.807) is 23.9 Å². The Morgan fingerprint density at radius 2 is 2.00 bits per heavy atom. The van der Waals surface area contributed by atoms with Crippen molar-refractivity contribution in [3.8, 4) is 5.75 Å². The van der Waals surface area contributed by atoms with E-state index in [-0.39, 0.29) is 11.2 Å². The van der Waals surface area contributed by atoms with Crippen LogP contribution in [-0.2, 0) is 11.3 Å². The maximum absolute atomic E-state index is 9.47. The zero-order valence-electron chi connectivity index (χ0n) is 9.17. The molecule has 1 heterocycles. The normalized spacial score (nSPS) is 18.7. The zero-order chi connectivity index (χ0) is 11.7. The minimum Gasteiger partial charge on any atom is -0.508 e. The summed E-state index contributed by atoms with van der Waals surface area (Å²) in [4.78, 5) is 1.26. The zero-order valence-corrected chi connectivity index (χ0v) is 9.98. The number of fused-ring (bicyclic) bond motifs is 1. The molecule has 0 radical (unpaired) electrons. The first-order valence-electron chi connectivity index (χ1n) is 5.48. The van der Waals surface area contributed by atoms with E-state index in [0.29, 0.717) is 6.61 Å². The molecule has 2 nitrogen and oxygen atoms in total. The number of phenols is 1. The van der Waals surface area contributed by atoms with Crippen molar-refractivity contribution in [1.29, 1.82) is 0 Å². The lowest BCUT2D eigenvalue weighted by Crippen LogP contribution is -2.07. The molecule has 0 spiro atoms.